The molecular weight excluding hydrogens is 388 g/mol. The quantitative estimate of drug-likeness (QED) is 0.705. The van der Waals surface area contributed by atoms with Crippen LogP contribution in [0.25, 0.3) is 0 Å². The van der Waals surface area contributed by atoms with Crippen molar-refractivity contribution in [2.75, 3.05) is 31.6 Å². The smallest absolute Gasteiger partial charge is 0.242 e. The second-order valence-electron chi connectivity index (χ2n) is 6.25. The normalized spacial score (nSPS) is 14.8. The molecule has 2 aromatic rings. The van der Waals surface area contributed by atoms with E-state index < -0.39 is 10.0 Å². The number of hydrogen-bond acceptors (Lipinski definition) is 4. The second kappa shape index (κ2) is 8.29. The molecule has 2 aromatic carbocycles. The lowest BCUT2D eigenvalue weighted by atomic mass is 10.3. The largest absolute Gasteiger partial charge is 0.491 e. The Balaban J connectivity index is 1.62. The Morgan fingerprint density at radius 1 is 1.15 bits per heavy atom. The molecule has 0 N–H and O–H groups in total. The van der Waals surface area contributed by atoms with Crippen LogP contribution in [-0.4, -0.2) is 45.4 Å². The number of likely N-dealkylation sites (N-methyl/N-ethyl adjacent to an activating group) is 1. The standard InChI is InChI=1S/C19H21ClN2O4S/c1-21(13-14-26-18-6-3-2-5-17(18)20)27(24,25)16-10-8-15(9-11-16)22-12-4-7-19(22)23/h2-3,5-6,8-11H,4,7,12-14H2,1H3. The molecule has 1 aliphatic heterocycles. The van der Waals surface area contributed by atoms with Crippen molar-refractivity contribution in [2.24, 2.45) is 0 Å². The number of anilines is 1. The first-order valence-electron chi connectivity index (χ1n) is 8.64. The van der Waals surface area contributed by atoms with Crippen molar-refractivity contribution in [1.29, 1.82) is 0 Å². The SMILES string of the molecule is CN(CCOc1ccccc1Cl)S(=O)(=O)c1ccc(N2CCCC2=O)cc1. The summed E-state index contributed by atoms with van der Waals surface area (Å²) in [5, 5.41) is 0.482. The number of para-hydroxylation sites is 1. The molecule has 27 heavy (non-hydrogen) atoms. The third-order valence-corrected chi connectivity index (χ3v) is 6.61. The Hall–Kier alpha value is -2.09. The maximum absolute atomic E-state index is 12.7. The molecule has 1 saturated heterocycles. The summed E-state index contributed by atoms with van der Waals surface area (Å²) in [5.74, 6) is 0.587. The minimum Gasteiger partial charge on any atom is -0.491 e. The first-order valence-corrected chi connectivity index (χ1v) is 10.5. The molecule has 3 rings (SSSR count). The summed E-state index contributed by atoms with van der Waals surface area (Å²) >= 11 is 6.02. The maximum atomic E-state index is 12.7. The molecule has 0 aromatic heterocycles. The highest BCUT2D eigenvalue weighted by Crippen LogP contribution is 2.25. The monoisotopic (exact) mass is 408 g/mol. The van der Waals surface area contributed by atoms with Crippen LogP contribution in [0.1, 0.15) is 12.8 Å². The zero-order valence-corrected chi connectivity index (χ0v) is 16.5. The van der Waals surface area contributed by atoms with Crippen LogP contribution in [0.2, 0.25) is 5.02 Å². The van der Waals surface area contributed by atoms with E-state index in [1.54, 1.807) is 41.3 Å². The van der Waals surface area contributed by atoms with Crippen LogP contribution in [0.15, 0.2) is 53.4 Å². The highest BCUT2D eigenvalue weighted by Gasteiger charge is 2.24. The van der Waals surface area contributed by atoms with Crippen molar-refractivity contribution >= 4 is 33.2 Å². The summed E-state index contributed by atoms with van der Waals surface area (Å²) in [7, 11) is -2.14. The van der Waals surface area contributed by atoms with Crippen molar-refractivity contribution < 1.29 is 17.9 Å². The van der Waals surface area contributed by atoms with Gasteiger partial charge in [-0.3, -0.25) is 4.79 Å². The average Bonchev–Trinajstić information content (AvgIpc) is 3.09. The Morgan fingerprint density at radius 2 is 1.85 bits per heavy atom. The van der Waals surface area contributed by atoms with E-state index in [4.69, 9.17) is 16.3 Å². The molecule has 0 spiro atoms. The lowest BCUT2D eigenvalue weighted by Crippen LogP contribution is -2.31. The summed E-state index contributed by atoms with van der Waals surface area (Å²) in [6.07, 6.45) is 1.36. The van der Waals surface area contributed by atoms with Gasteiger partial charge in [0.1, 0.15) is 12.4 Å². The number of ether oxygens (including phenoxy) is 1. The molecule has 1 fully saturated rings. The van der Waals surface area contributed by atoms with Crippen LogP contribution < -0.4 is 9.64 Å². The number of sulfonamides is 1. The van der Waals surface area contributed by atoms with Crippen molar-refractivity contribution in [2.45, 2.75) is 17.7 Å². The maximum Gasteiger partial charge on any atom is 0.242 e. The van der Waals surface area contributed by atoms with Gasteiger partial charge in [-0.2, -0.15) is 4.31 Å². The van der Waals surface area contributed by atoms with Crippen LogP contribution in [0.3, 0.4) is 0 Å². The number of halogens is 1. The van der Waals surface area contributed by atoms with Crippen molar-refractivity contribution in [3.63, 3.8) is 0 Å². The van der Waals surface area contributed by atoms with Crippen LogP contribution in [0.4, 0.5) is 5.69 Å². The van der Waals surface area contributed by atoms with E-state index in [0.717, 1.165) is 12.1 Å². The number of benzene rings is 2. The van der Waals surface area contributed by atoms with Crippen molar-refractivity contribution in [3.05, 3.63) is 53.6 Å². The van der Waals surface area contributed by atoms with Gasteiger partial charge in [-0.25, -0.2) is 8.42 Å². The molecule has 0 saturated carbocycles. The first kappa shape index (κ1) is 19.7. The van der Waals surface area contributed by atoms with E-state index in [9.17, 15) is 13.2 Å². The fourth-order valence-electron chi connectivity index (χ4n) is 2.87. The fourth-order valence-corrected chi connectivity index (χ4v) is 4.21. The minimum atomic E-state index is -3.64. The third kappa shape index (κ3) is 4.43. The van der Waals surface area contributed by atoms with E-state index in [0.29, 0.717) is 23.7 Å². The van der Waals surface area contributed by atoms with E-state index in [-0.39, 0.29) is 24.0 Å². The molecule has 1 amide bonds. The number of amides is 1. The molecule has 0 radical (unpaired) electrons. The van der Waals surface area contributed by atoms with Crippen molar-refractivity contribution in [1.82, 2.24) is 4.31 Å². The average molecular weight is 409 g/mol. The summed E-state index contributed by atoms with van der Waals surface area (Å²) in [4.78, 5) is 13.7. The van der Waals surface area contributed by atoms with Gasteiger partial charge in [0.2, 0.25) is 15.9 Å². The molecule has 144 valence electrons. The van der Waals surface area contributed by atoms with Gasteiger partial charge in [-0.1, -0.05) is 23.7 Å². The topological polar surface area (TPSA) is 66.9 Å². The molecular formula is C19H21ClN2O4S. The summed E-state index contributed by atoms with van der Waals surface area (Å²) in [6.45, 7) is 1.03. The molecule has 0 atom stereocenters. The van der Waals surface area contributed by atoms with Gasteiger partial charge in [0.25, 0.3) is 0 Å². The summed E-state index contributed by atoms with van der Waals surface area (Å²) in [6, 6.07) is 13.4. The Kier molecular flexibility index (Phi) is 6.04. The fraction of sp³-hybridized carbons (Fsp3) is 0.316. The molecule has 8 heteroatoms. The number of hydrogen-bond donors (Lipinski definition) is 0. The van der Waals surface area contributed by atoms with Gasteiger partial charge >= 0.3 is 0 Å². The Bertz CT molecular complexity index is 916. The van der Waals surface area contributed by atoms with Crippen LogP contribution in [-0.2, 0) is 14.8 Å². The number of carbonyl (C=O) groups excluding carboxylic acids is 1. The predicted octanol–water partition coefficient (Wildman–Crippen LogP) is 3.17. The van der Waals surface area contributed by atoms with Crippen LogP contribution in [0, 0.1) is 0 Å². The molecule has 0 bridgehead atoms. The zero-order valence-electron chi connectivity index (χ0n) is 15.0. The lowest BCUT2D eigenvalue weighted by molar-refractivity contribution is -0.117. The molecule has 6 nitrogen and oxygen atoms in total. The summed E-state index contributed by atoms with van der Waals surface area (Å²) < 4.78 is 32.2. The number of nitrogens with zero attached hydrogens (tertiary/aromatic N) is 2. The van der Waals surface area contributed by atoms with Crippen molar-refractivity contribution in [3.8, 4) is 5.75 Å². The van der Waals surface area contributed by atoms with Crippen LogP contribution >= 0.6 is 11.6 Å². The number of rotatable bonds is 7. The highest BCUT2D eigenvalue weighted by atomic mass is 35.5. The van der Waals surface area contributed by atoms with Gasteiger partial charge < -0.3 is 9.64 Å². The van der Waals surface area contributed by atoms with E-state index in [1.165, 1.54) is 23.5 Å². The van der Waals surface area contributed by atoms with Gasteiger partial charge in [0, 0.05) is 32.2 Å². The first-order chi connectivity index (χ1) is 12.9. The third-order valence-electron chi connectivity index (χ3n) is 4.43. The molecule has 1 aliphatic rings. The highest BCUT2D eigenvalue weighted by molar-refractivity contribution is 7.89. The molecule has 0 aliphatic carbocycles. The van der Waals surface area contributed by atoms with Gasteiger partial charge in [0.05, 0.1) is 9.92 Å². The Labute approximate surface area is 164 Å². The van der Waals surface area contributed by atoms with E-state index in [1.807, 2.05) is 0 Å². The van der Waals surface area contributed by atoms with E-state index in [2.05, 4.69) is 0 Å². The number of carbonyl (C=O) groups is 1. The Morgan fingerprint density at radius 3 is 2.48 bits per heavy atom. The van der Waals surface area contributed by atoms with E-state index >= 15 is 0 Å². The van der Waals surface area contributed by atoms with Gasteiger partial charge in [-0.05, 0) is 42.8 Å². The predicted molar refractivity (Wildman–Crippen MR) is 105 cm³/mol. The van der Waals surface area contributed by atoms with Gasteiger partial charge in [-0.15, -0.1) is 0 Å². The van der Waals surface area contributed by atoms with Crippen LogP contribution in [0.5, 0.6) is 5.75 Å². The molecule has 0 unspecified atom stereocenters. The summed E-state index contributed by atoms with van der Waals surface area (Å²) in [5.41, 5.74) is 0.723. The lowest BCUT2D eigenvalue weighted by Gasteiger charge is -2.19. The van der Waals surface area contributed by atoms with Gasteiger partial charge in [0.15, 0.2) is 0 Å². The zero-order chi connectivity index (χ0) is 19.4. The molecule has 1 heterocycles. The second-order valence-corrected chi connectivity index (χ2v) is 8.70. The minimum absolute atomic E-state index is 0.0689.